The SMILES string of the molecule is COc1ccc(NC2=C(C)C(=O)CCCC2)cc1OC1CC2CCC1C2. The highest BCUT2D eigenvalue weighted by molar-refractivity contribution is 5.96. The highest BCUT2D eigenvalue weighted by Gasteiger charge is 2.41. The number of rotatable bonds is 5. The first-order valence-corrected chi connectivity index (χ1v) is 9.98. The van der Waals surface area contributed by atoms with Crippen molar-refractivity contribution in [1.29, 1.82) is 0 Å². The molecule has 2 fully saturated rings. The summed E-state index contributed by atoms with van der Waals surface area (Å²) in [5.41, 5.74) is 2.88. The Hall–Kier alpha value is -1.97. The van der Waals surface area contributed by atoms with Crippen molar-refractivity contribution in [3.63, 3.8) is 0 Å². The van der Waals surface area contributed by atoms with Gasteiger partial charge in [-0.1, -0.05) is 0 Å². The van der Waals surface area contributed by atoms with Crippen molar-refractivity contribution in [2.45, 2.75) is 64.4 Å². The molecule has 3 unspecified atom stereocenters. The number of hydrogen-bond donors (Lipinski definition) is 1. The molecular formula is C22H29NO3. The number of carbonyl (C=O) groups is 1. The summed E-state index contributed by atoms with van der Waals surface area (Å²) in [6, 6.07) is 5.99. The Balaban J connectivity index is 1.54. The van der Waals surface area contributed by atoms with Crippen LogP contribution in [0.1, 0.15) is 58.3 Å². The van der Waals surface area contributed by atoms with E-state index >= 15 is 0 Å². The molecule has 0 saturated heterocycles. The lowest BCUT2D eigenvalue weighted by atomic mass is 9.98. The number of fused-ring (bicyclic) bond motifs is 2. The fourth-order valence-electron chi connectivity index (χ4n) is 4.80. The van der Waals surface area contributed by atoms with Crippen LogP contribution < -0.4 is 14.8 Å². The summed E-state index contributed by atoms with van der Waals surface area (Å²) in [5, 5.41) is 3.47. The Morgan fingerprint density at radius 1 is 1.08 bits per heavy atom. The third-order valence-corrected chi connectivity index (χ3v) is 6.36. The average molecular weight is 355 g/mol. The van der Waals surface area contributed by atoms with Gasteiger partial charge < -0.3 is 14.8 Å². The Morgan fingerprint density at radius 2 is 1.92 bits per heavy atom. The molecule has 4 nitrogen and oxygen atoms in total. The normalized spacial score (nSPS) is 28.2. The maximum atomic E-state index is 12.1. The molecule has 3 atom stereocenters. The van der Waals surface area contributed by atoms with Crippen LogP contribution >= 0.6 is 0 Å². The van der Waals surface area contributed by atoms with Crippen molar-refractivity contribution in [2.24, 2.45) is 11.8 Å². The second-order valence-electron chi connectivity index (χ2n) is 8.06. The molecule has 4 heteroatoms. The zero-order valence-corrected chi connectivity index (χ0v) is 15.8. The molecule has 26 heavy (non-hydrogen) atoms. The maximum absolute atomic E-state index is 12.1. The molecule has 140 valence electrons. The van der Waals surface area contributed by atoms with Gasteiger partial charge in [0, 0.05) is 29.4 Å². The number of allylic oxidation sites excluding steroid dienone is 2. The highest BCUT2D eigenvalue weighted by Crippen LogP contribution is 2.47. The van der Waals surface area contributed by atoms with Crippen molar-refractivity contribution >= 4 is 11.5 Å². The fraction of sp³-hybridized carbons (Fsp3) is 0.591. The number of hydrogen-bond acceptors (Lipinski definition) is 4. The minimum absolute atomic E-state index is 0.261. The van der Waals surface area contributed by atoms with Crippen molar-refractivity contribution < 1.29 is 14.3 Å². The first-order chi connectivity index (χ1) is 12.6. The minimum atomic E-state index is 0.261. The van der Waals surface area contributed by atoms with Gasteiger partial charge >= 0.3 is 0 Å². The number of methoxy groups -OCH3 is 1. The molecule has 0 spiro atoms. The summed E-state index contributed by atoms with van der Waals surface area (Å²) in [6.07, 6.45) is 9.08. The van der Waals surface area contributed by atoms with Crippen molar-refractivity contribution in [2.75, 3.05) is 12.4 Å². The monoisotopic (exact) mass is 355 g/mol. The van der Waals surface area contributed by atoms with Crippen LogP contribution in [0.2, 0.25) is 0 Å². The quantitative estimate of drug-likeness (QED) is 0.799. The highest BCUT2D eigenvalue weighted by atomic mass is 16.5. The van der Waals surface area contributed by atoms with Crippen LogP contribution in [0.15, 0.2) is 29.5 Å². The van der Waals surface area contributed by atoms with Crippen LogP contribution in [0.25, 0.3) is 0 Å². The van der Waals surface area contributed by atoms with Gasteiger partial charge in [0.2, 0.25) is 0 Å². The number of nitrogens with one attached hydrogen (secondary N) is 1. The molecule has 0 amide bonds. The molecule has 0 radical (unpaired) electrons. The van der Waals surface area contributed by atoms with E-state index in [9.17, 15) is 4.79 Å². The zero-order chi connectivity index (χ0) is 18.1. The Bertz CT molecular complexity index is 724. The zero-order valence-electron chi connectivity index (χ0n) is 15.8. The van der Waals surface area contributed by atoms with E-state index in [1.54, 1.807) is 7.11 Å². The number of benzene rings is 1. The van der Waals surface area contributed by atoms with Crippen LogP contribution in [-0.4, -0.2) is 19.0 Å². The summed E-state index contributed by atoms with van der Waals surface area (Å²) >= 11 is 0. The van der Waals surface area contributed by atoms with Gasteiger partial charge in [-0.25, -0.2) is 0 Å². The molecule has 3 aliphatic rings. The molecule has 2 saturated carbocycles. The van der Waals surface area contributed by atoms with Crippen LogP contribution in [0.4, 0.5) is 5.69 Å². The summed E-state index contributed by atoms with van der Waals surface area (Å²) in [7, 11) is 1.69. The minimum Gasteiger partial charge on any atom is -0.493 e. The molecule has 1 aromatic carbocycles. The van der Waals surface area contributed by atoms with Crippen LogP contribution in [0.5, 0.6) is 11.5 Å². The Labute approximate surface area is 156 Å². The number of anilines is 1. The van der Waals surface area contributed by atoms with Crippen molar-refractivity contribution in [3.8, 4) is 11.5 Å². The third-order valence-electron chi connectivity index (χ3n) is 6.36. The molecule has 2 bridgehead atoms. The van der Waals surface area contributed by atoms with Gasteiger partial charge in [-0.3, -0.25) is 4.79 Å². The summed E-state index contributed by atoms with van der Waals surface area (Å²) in [6.45, 7) is 1.94. The molecule has 1 aromatic rings. The molecule has 1 N–H and O–H groups in total. The van der Waals surface area contributed by atoms with Gasteiger partial charge in [-0.2, -0.15) is 0 Å². The van der Waals surface area contributed by atoms with Crippen LogP contribution in [0.3, 0.4) is 0 Å². The summed E-state index contributed by atoms with van der Waals surface area (Å²) in [5.74, 6) is 3.40. The van der Waals surface area contributed by atoms with Gasteiger partial charge in [-0.05, 0) is 75.8 Å². The van der Waals surface area contributed by atoms with Crippen LogP contribution in [-0.2, 0) is 4.79 Å². The first-order valence-electron chi connectivity index (χ1n) is 9.98. The predicted molar refractivity (Wildman–Crippen MR) is 103 cm³/mol. The van der Waals surface area contributed by atoms with Gasteiger partial charge in [-0.15, -0.1) is 0 Å². The van der Waals surface area contributed by atoms with E-state index < -0.39 is 0 Å². The van der Waals surface area contributed by atoms with E-state index in [-0.39, 0.29) is 5.78 Å². The molecule has 0 heterocycles. The van der Waals surface area contributed by atoms with Gasteiger partial charge in [0.25, 0.3) is 0 Å². The molecule has 0 aliphatic heterocycles. The third kappa shape index (κ3) is 3.46. The Morgan fingerprint density at radius 3 is 2.65 bits per heavy atom. The van der Waals surface area contributed by atoms with E-state index in [0.717, 1.165) is 53.6 Å². The number of ether oxygens (including phenoxy) is 2. The van der Waals surface area contributed by atoms with E-state index in [4.69, 9.17) is 9.47 Å². The lowest BCUT2D eigenvalue weighted by Gasteiger charge is -2.24. The molecule has 0 aromatic heterocycles. The lowest BCUT2D eigenvalue weighted by molar-refractivity contribution is -0.115. The fourth-order valence-corrected chi connectivity index (χ4v) is 4.80. The predicted octanol–water partition coefficient (Wildman–Crippen LogP) is 5.09. The molecular weight excluding hydrogens is 326 g/mol. The summed E-state index contributed by atoms with van der Waals surface area (Å²) in [4.78, 5) is 12.1. The van der Waals surface area contributed by atoms with Crippen LogP contribution in [0, 0.1) is 11.8 Å². The largest absolute Gasteiger partial charge is 0.493 e. The maximum Gasteiger partial charge on any atom is 0.163 e. The smallest absolute Gasteiger partial charge is 0.163 e. The van der Waals surface area contributed by atoms with Gasteiger partial charge in [0.1, 0.15) is 6.10 Å². The van der Waals surface area contributed by atoms with E-state index in [1.165, 1.54) is 25.7 Å². The van der Waals surface area contributed by atoms with Crippen molar-refractivity contribution in [3.05, 3.63) is 29.5 Å². The number of ketones is 1. The standard InChI is InChI=1S/C22H29NO3/c1-14-18(5-3-4-6-19(14)24)23-17-9-10-20(25-2)22(13-17)26-21-12-15-7-8-16(21)11-15/h9-10,13,15-16,21,23H,3-8,11-12H2,1-2H3. The van der Waals surface area contributed by atoms with Gasteiger partial charge in [0.05, 0.1) is 7.11 Å². The second-order valence-corrected chi connectivity index (χ2v) is 8.06. The number of Topliss-reactive ketones (excluding diaryl/α,β-unsaturated/α-hetero) is 1. The average Bonchev–Trinajstić information content (AvgIpc) is 3.22. The Kier molecular flexibility index (Phi) is 4.92. The van der Waals surface area contributed by atoms with Gasteiger partial charge in [0.15, 0.2) is 17.3 Å². The molecule has 3 aliphatic carbocycles. The van der Waals surface area contributed by atoms with Crippen molar-refractivity contribution in [1.82, 2.24) is 0 Å². The molecule has 4 rings (SSSR count). The van der Waals surface area contributed by atoms with E-state index in [1.807, 2.05) is 25.1 Å². The first kappa shape index (κ1) is 17.4. The van der Waals surface area contributed by atoms with E-state index in [2.05, 4.69) is 5.32 Å². The lowest BCUT2D eigenvalue weighted by Crippen LogP contribution is -2.23. The second kappa shape index (κ2) is 7.34. The van der Waals surface area contributed by atoms with E-state index in [0.29, 0.717) is 18.4 Å². The summed E-state index contributed by atoms with van der Waals surface area (Å²) < 4.78 is 11.9. The topological polar surface area (TPSA) is 47.6 Å². The number of carbonyl (C=O) groups excluding carboxylic acids is 1.